The van der Waals surface area contributed by atoms with E-state index >= 15 is 0 Å². The van der Waals surface area contributed by atoms with E-state index in [-0.39, 0.29) is 6.42 Å². The summed E-state index contributed by atoms with van der Waals surface area (Å²) in [4.78, 5) is 34.2. The van der Waals surface area contributed by atoms with E-state index in [1.54, 1.807) is 11.8 Å². The number of hydrazine groups is 1. The predicted octanol–water partition coefficient (Wildman–Crippen LogP) is 1.19. The number of carbonyl (C=O) groups excluding carboxylic acids is 3. The Morgan fingerprint density at radius 1 is 1.14 bits per heavy atom. The molecule has 0 saturated carbocycles. The Bertz CT molecular complexity index is 502. The Morgan fingerprint density at radius 2 is 1.81 bits per heavy atom. The highest BCUT2D eigenvalue weighted by Gasteiger charge is 2.07. The molecule has 0 unspecified atom stereocenters. The summed E-state index contributed by atoms with van der Waals surface area (Å²) in [5, 5.41) is 0. The van der Waals surface area contributed by atoms with Crippen molar-refractivity contribution < 1.29 is 19.1 Å². The van der Waals surface area contributed by atoms with Crippen LogP contribution in [0.2, 0.25) is 0 Å². The molecular formula is C14H18N2O4S. The van der Waals surface area contributed by atoms with Crippen LogP contribution in [0, 0.1) is 6.92 Å². The van der Waals surface area contributed by atoms with Gasteiger partial charge in [-0.25, -0.2) is 0 Å². The van der Waals surface area contributed by atoms with E-state index in [0.717, 1.165) is 4.90 Å². The average Bonchev–Trinajstić information content (AvgIpc) is 2.45. The molecule has 0 atom stereocenters. The average molecular weight is 310 g/mol. The fourth-order valence-electron chi connectivity index (χ4n) is 1.30. The van der Waals surface area contributed by atoms with Gasteiger partial charge in [-0.2, -0.15) is 0 Å². The van der Waals surface area contributed by atoms with Crippen molar-refractivity contribution in [2.75, 3.05) is 12.4 Å². The van der Waals surface area contributed by atoms with Crippen LogP contribution in [-0.2, 0) is 19.1 Å². The van der Waals surface area contributed by atoms with Crippen molar-refractivity contribution in [1.29, 1.82) is 0 Å². The maximum atomic E-state index is 11.4. The second kappa shape index (κ2) is 9.02. The monoisotopic (exact) mass is 310 g/mol. The summed E-state index contributed by atoms with van der Waals surface area (Å²) >= 11 is 1.55. The first kappa shape index (κ1) is 17.0. The molecule has 0 aliphatic carbocycles. The van der Waals surface area contributed by atoms with Gasteiger partial charge >= 0.3 is 5.97 Å². The van der Waals surface area contributed by atoms with E-state index in [2.05, 4.69) is 10.9 Å². The molecule has 6 nitrogen and oxygen atoms in total. The minimum absolute atomic E-state index is 0.214. The zero-order valence-electron chi connectivity index (χ0n) is 12.0. The third-order valence-corrected chi connectivity index (χ3v) is 3.35. The molecule has 114 valence electrons. The van der Waals surface area contributed by atoms with Gasteiger partial charge in [-0.15, -0.1) is 11.8 Å². The lowest BCUT2D eigenvalue weighted by Gasteiger charge is -2.06. The largest absolute Gasteiger partial charge is 0.455 e. The number of ether oxygens (including phenoxy) is 1. The summed E-state index contributed by atoms with van der Waals surface area (Å²) in [6.07, 6.45) is 0.214. The van der Waals surface area contributed by atoms with Crippen molar-refractivity contribution >= 4 is 29.5 Å². The fraction of sp³-hybridized carbons (Fsp3) is 0.357. The standard InChI is InChI=1S/C14H18N2O4S/c1-10-3-5-12(6-4-10)21-8-7-14(19)20-9-13(18)16-15-11(2)17/h3-6H,7-9H2,1-2H3,(H,15,17)(H,16,18). The van der Waals surface area contributed by atoms with Gasteiger partial charge in [0.25, 0.3) is 5.91 Å². The van der Waals surface area contributed by atoms with Crippen LogP contribution in [0.15, 0.2) is 29.2 Å². The Hall–Kier alpha value is -2.02. The van der Waals surface area contributed by atoms with Crippen LogP contribution in [0.1, 0.15) is 18.9 Å². The molecule has 1 aromatic rings. The molecule has 1 aromatic carbocycles. The number of thioether (sulfide) groups is 1. The summed E-state index contributed by atoms with van der Waals surface area (Å²) in [5.74, 6) is -0.851. The van der Waals surface area contributed by atoms with Gasteiger partial charge in [0.05, 0.1) is 6.42 Å². The minimum atomic E-state index is -0.579. The van der Waals surface area contributed by atoms with Crippen molar-refractivity contribution in [3.63, 3.8) is 0 Å². The molecule has 0 heterocycles. The minimum Gasteiger partial charge on any atom is -0.455 e. The molecule has 0 aromatic heterocycles. The van der Waals surface area contributed by atoms with Gasteiger partial charge in [0.2, 0.25) is 5.91 Å². The van der Waals surface area contributed by atoms with Gasteiger partial charge in [-0.1, -0.05) is 17.7 Å². The van der Waals surface area contributed by atoms with Gasteiger partial charge in [-0.05, 0) is 19.1 Å². The SMILES string of the molecule is CC(=O)NNC(=O)COC(=O)CCSc1ccc(C)cc1. The number of aryl methyl sites for hydroxylation is 1. The number of rotatable bonds is 6. The molecule has 2 N–H and O–H groups in total. The van der Waals surface area contributed by atoms with Gasteiger partial charge < -0.3 is 4.74 Å². The topological polar surface area (TPSA) is 84.5 Å². The van der Waals surface area contributed by atoms with Crippen molar-refractivity contribution in [2.24, 2.45) is 0 Å². The Labute approximate surface area is 127 Å². The Kier molecular flexibility index (Phi) is 7.31. The number of amides is 2. The summed E-state index contributed by atoms with van der Waals surface area (Å²) in [5.41, 5.74) is 5.39. The van der Waals surface area contributed by atoms with Crippen LogP contribution < -0.4 is 10.9 Å². The number of benzene rings is 1. The zero-order valence-corrected chi connectivity index (χ0v) is 12.8. The fourth-order valence-corrected chi connectivity index (χ4v) is 2.13. The lowest BCUT2D eigenvalue weighted by molar-refractivity contribution is -0.148. The second-order valence-electron chi connectivity index (χ2n) is 4.30. The highest BCUT2D eigenvalue weighted by Crippen LogP contribution is 2.19. The lowest BCUT2D eigenvalue weighted by Crippen LogP contribution is -2.42. The van der Waals surface area contributed by atoms with Crippen molar-refractivity contribution in [1.82, 2.24) is 10.9 Å². The van der Waals surface area contributed by atoms with Crippen LogP contribution in [-0.4, -0.2) is 30.1 Å². The van der Waals surface area contributed by atoms with Gasteiger partial charge in [0, 0.05) is 17.6 Å². The molecule has 0 aliphatic rings. The van der Waals surface area contributed by atoms with Crippen LogP contribution in [0.25, 0.3) is 0 Å². The first-order chi connectivity index (χ1) is 9.97. The van der Waals surface area contributed by atoms with Crippen LogP contribution in [0.5, 0.6) is 0 Å². The third kappa shape index (κ3) is 7.98. The summed E-state index contributed by atoms with van der Waals surface area (Å²) in [6, 6.07) is 8.00. The molecule has 2 amide bonds. The van der Waals surface area contributed by atoms with E-state index in [1.165, 1.54) is 12.5 Å². The molecule has 7 heteroatoms. The van der Waals surface area contributed by atoms with Crippen LogP contribution in [0.3, 0.4) is 0 Å². The van der Waals surface area contributed by atoms with E-state index in [9.17, 15) is 14.4 Å². The van der Waals surface area contributed by atoms with E-state index in [0.29, 0.717) is 5.75 Å². The Morgan fingerprint density at radius 3 is 2.43 bits per heavy atom. The lowest BCUT2D eigenvalue weighted by atomic mass is 10.2. The quantitative estimate of drug-likeness (QED) is 0.468. The molecule has 21 heavy (non-hydrogen) atoms. The molecule has 0 saturated heterocycles. The molecule has 0 bridgehead atoms. The number of carbonyl (C=O) groups is 3. The predicted molar refractivity (Wildman–Crippen MR) is 79.4 cm³/mol. The third-order valence-electron chi connectivity index (χ3n) is 2.34. The first-order valence-electron chi connectivity index (χ1n) is 6.38. The molecular weight excluding hydrogens is 292 g/mol. The van der Waals surface area contributed by atoms with Crippen LogP contribution in [0.4, 0.5) is 0 Å². The normalized spacial score (nSPS) is 9.81. The molecule has 0 fully saturated rings. The van der Waals surface area contributed by atoms with E-state index < -0.39 is 24.4 Å². The zero-order chi connectivity index (χ0) is 15.7. The van der Waals surface area contributed by atoms with Gasteiger partial charge in [0.1, 0.15) is 0 Å². The summed E-state index contributed by atoms with van der Waals surface area (Å²) in [7, 11) is 0. The first-order valence-corrected chi connectivity index (χ1v) is 7.36. The van der Waals surface area contributed by atoms with E-state index in [4.69, 9.17) is 4.74 Å². The molecule has 0 radical (unpaired) electrons. The molecule has 1 rings (SSSR count). The highest BCUT2D eigenvalue weighted by atomic mass is 32.2. The maximum absolute atomic E-state index is 11.4. The van der Waals surface area contributed by atoms with Gasteiger partial charge in [-0.3, -0.25) is 25.2 Å². The second-order valence-corrected chi connectivity index (χ2v) is 5.47. The smallest absolute Gasteiger partial charge is 0.307 e. The maximum Gasteiger partial charge on any atom is 0.307 e. The van der Waals surface area contributed by atoms with Crippen molar-refractivity contribution in [2.45, 2.75) is 25.2 Å². The number of esters is 1. The Balaban J connectivity index is 2.15. The summed E-state index contributed by atoms with van der Waals surface area (Å²) in [6.45, 7) is 2.86. The highest BCUT2D eigenvalue weighted by molar-refractivity contribution is 7.99. The molecule has 0 spiro atoms. The number of hydrogen-bond acceptors (Lipinski definition) is 5. The molecule has 0 aliphatic heterocycles. The number of nitrogens with one attached hydrogen (secondary N) is 2. The van der Waals surface area contributed by atoms with Gasteiger partial charge in [0.15, 0.2) is 6.61 Å². The summed E-state index contributed by atoms with van der Waals surface area (Å²) < 4.78 is 4.78. The van der Waals surface area contributed by atoms with E-state index in [1.807, 2.05) is 31.2 Å². The number of hydrogen-bond donors (Lipinski definition) is 2. The van der Waals surface area contributed by atoms with Crippen LogP contribution >= 0.6 is 11.8 Å². The van der Waals surface area contributed by atoms with Crippen molar-refractivity contribution in [3.05, 3.63) is 29.8 Å². The van der Waals surface area contributed by atoms with Crippen molar-refractivity contribution in [3.8, 4) is 0 Å².